The van der Waals surface area contributed by atoms with Gasteiger partial charge in [-0.1, -0.05) is 18.9 Å². The van der Waals surface area contributed by atoms with Gasteiger partial charge in [0.1, 0.15) is 0 Å². The predicted molar refractivity (Wildman–Crippen MR) is 66.6 cm³/mol. The third kappa shape index (κ3) is 2.73. The molecule has 1 nitrogen and oxygen atoms in total. The minimum Gasteiger partial charge on any atom is -0.487 e. The van der Waals surface area contributed by atoms with Gasteiger partial charge in [-0.25, -0.2) is 8.78 Å². The highest BCUT2D eigenvalue weighted by molar-refractivity contribution is 7.80. The topological polar surface area (TPSA) is 9.23 Å². The second kappa shape index (κ2) is 5.25. The van der Waals surface area contributed by atoms with Crippen LogP contribution in [0.4, 0.5) is 8.78 Å². The van der Waals surface area contributed by atoms with Gasteiger partial charge in [0, 0.05) is 5.41 Å². The molecule has 0 heterocycles. The number of hydrogen-bond donors (Lipinski definition) is 1. The zero-order chi connectivity index (χ0) is 12.3. The van der Waals surface area contributed by atoms with Crippen molar-refractivity contribution in [1.82, 2.24) is 0 Å². The molecule has 0 atom stereocenters. The first kappa shape index (κ1) is 12.7. The first-order valence-electron chi connectivity index (χ1n) is 5.85. The lowest BCUT2D eigenvalue weighted by molar-refractivity contribution is 0.162. The number of thiol groups is 1. The normalized spacial score (nSPS) is 18.3. The van der Waals surface area contributed by atoms with Crippen LogP contribution in [-0.4, -0.2) is 12.4 Å². The zero-order valence-electron chi connectivity index (χ0n) is 9.59. The maximum atomic E-state index is 13.4. The number of para-hydroxylation sites is 1. The Morgan fingerprint density at radius 3 is 2.29 bits per heavy atom. The van der Waals surface area contributed by atoms with Crippen molar-refractivity contribution in [3.8, 4) is 5.75 Å². The van der Waals surface area contributed by atoms with Gasteiger partial charge in [0.25, 0.3) is 0 Å². The summed E-state index contributed by atoms with van der Waals surface area (Å²) in [5, 5.41) is 0. The fraction of sp³-hybridized carbons (Fsp3) is 0.538. The van der Waals surface area contributed by atoms with E-state index in [0.29, 0.717) is 12.4 Å². The van der Waals surface area contributed by atoms with Crippen molar-refractivity contribution in [3.63, 3.8) is 0 Å². The molecule has 0 spiro atoms. The Hall–Kier alpha value is -0.770. The van der Waals surface area contributed by atoms with Crippen molar-refractivity contribution in [1.29, 1.82) is 0 Å². The van der Waals surface area contributed by atoms with Gasteiger partial charge in [-0.05, 0) is 30.7 Å². The molecule has 0 amide bonds. The van der Waals surface area contributed by atoms with E-state index < -0.39 is 11.6 Å². The van der Waals surface area contributed by atoms with E-state index in [1.165, 1.54) is 18.2 Å². The number of benzene rings is 1. The molecule has 0 saturated heterocycles. The van der Waals surface area contributed by atoms with Crippen LogP contribution in [0, 0.1) is 17.0 Å². The maximum Gasteiger partial charge on any atom is 0.190 e. The Kier molecular flexibility index (Phi) is 3.92. The lowest BCUT2D eigenvalue weighted by Crippen LogP contribution is -2.27. The Balaban J connectivity index is 2.06. The van der Waals surface area contributed by atoms with Crippen LogP contribution in [0.5, 0.6) is 5.75 Å². The molecule has 0 unspecified atom stereocenters. The third-order valence-electron chi connectivity index (χ3n) is 3.44. The molecule has 17 heavy (non-hydrogen) atoms. The van der Waals surface area contributed by atoms with E-state index >= 15 is 0 Å². The lowest BCUT2D eigenvalue weighted by Gasteiger charge is -2.26. The first-order chi connectivity index (χ1) is 8.17. The second-order valence-corrected chi connectivity index (χ2v) is 5.02. The molecule has 0 aliphatic heterocycles. The molecule has 0 radical (unpaired) electrons. The van der Waals surface area contributed by atoms with Crippen LogP contribution in [0.1, 0.15) is 25.7 Å². The molecule has 1 aromatic carbocycles. The van der Waals surface area contributed by atoms with Crippen molar-refractivity contribution in [2.45, 2.75) is 25.7 Å². The molecular formula is C13H16F2OS. The Bertz CT molecular complexity index is 369. The average Bonchev–Trinajstić information content (AvgIpc) is 2.78. The molecule has 0 bridgehead atoms. The third-order valence-corrected chi connectivity index (χ3v) is 4.11. The van der Waals surface area contributed by atoms with E-state index in [0.717, 1.165) is 25.7 Å². The smallest absolute Gasteiger partial charge is 0.190 e. The Labute approximate surface area is 106 Å². The molecular weight excluding hydrogens is 242 g/mol. The second-order valence-electron chi connectivity index (χ2n) is 4.70. The summed E-state index contributed by atoms with van der Waals surface area (Å²) in [6.45, 7) is 0.342. The van der Waals surface area contributed by atoms with Crippen molar-refractivity contribution in [2.24, 2.45) is 5.41 Å². The van der Waals surface area contributed by atoms with E-state index in [4.69, 9.17) is 4.74 Å². The fourth-order valence-corrected chi connectivity index (χ4v) is 2.73. The van der Waals surface area contributed by atoms with Crippen LogP contribution in [0.15, 0.2) is 18.2 Å². The summed E-state index contributed by atoms with van der Waals surface area (Å²) >= 11 is 4.33. The van der Waals surface area contributed by atoms with E-state index in [-0.39, 0.29) is 11.2 Å². The highest BCUT2D eigenvalue weighted by Gasteiger charge is 2.33. The summed E-state index contributed by atoms with van der Waals surface area (Å²) in [5.41, 5.74) is -0.0160. The number of hydrogen-bond acceptors (Lipinski definition) is 2. The summed E-state index contributed by atoms with van der Waals surface area (Å²) in [4.78, 5) is 0. The quantitative estimate of drug-likeness (QED) is 0.807. The number of rotatable bonds is 4. The minimum atomic E-state index is -0.641. The molecule has 1 aliphatic rings. The predicted octanol–water partition coefficient (Wildman–Crippen LogP) is 3.83. The van der Waals surface area contributed by atoms with E-state index in [2.05, 4.69) is 12.6 Å². The zero-order valence-corrected chi connectivity index (χ0v) is 10.5. The summed E-state index contributed by atoms with van der Waals surface area (Å²) in [6.07, 6.45) is 4.33. The standard InChI is InChI=1S/C13H16F2OS/c14-10-4-3-5-11(15)12(10)16-8-13(9-17)6-1-2-7-13/h3-5,17H,1-2,6-9H2. The van der Waals surface area contributed by atoms with Crippen LogP contribution in [0.3, 0.4) is 0 Å². The van der Waals surface area contributed by atoms with Crippen LogP contribution >= 0.6 is 12.6 Å². The van der Waals surface area contributed by atoms with Crippen molar-refractivity contribution >= 4 is 12.6 Å². The van der Waals surface area contributed by atoms with Crippen LogP contribution in [0.2, 0.25) is 0 Å². The van der Waals surface area contributed by atoms with E-state index in [1.807, 2.05) is 0 Å². The molecule has 0 aromatic heterocycles. The molecule has 1 fully saturated rings. The van der Waals surface area contributed by atoms with Gasteiger partial charge in [-0.3, -0.25) is 0 Å². The molecule has 2 rings (SSSR count). The first-order valence-corrected chi connectivity index (χ1v) is 6.48. The van der Waals surface area contributed by atoms with Crippen LogP contribution in [-0.2, 0) is 0 Å². The largest absolute Gasteiger partial charge is 0.487 e. The average molecular weight is 258 g/mol. The number of halogens is 2. The Morgan fingerprint density at radius 1 is 1.18 bits per heavy atom. The molecule has 1 aromatic rings. The van der Waals surface area contributed by atoms with Crippen molar-refractivity contribution < 1.29 is 13.5 Å². The molecule has 94 valence electrons. The van der Waals surface area contributed by atoms with Gasteiger partial charge in [0.05, 0.1) is 6.61 Å². The van der Waals surface area contributed by atoms with Crippen LogP contribution < -0.4 is 4.74 Å². The summed E-state index contributed by atoms with van der Waals surface area (Å²) in [5.74, 6) is -0.849. The van der Waals surface area contributed by atoms with Gasteiger partial charge in [0.15, 0.2) is 17.4 Å². The SMILES string of the molecule is Fc1cccc(F)c1OCC1(CS)CCCC1. The highest BCUT2D eigenvalue weighted by atomic mass is 32.1. The molecule has 0 N–H and O–H groups in total. The summed E-state index contributed by atoms with van der Waals surface area (Å²) < 4.78 is 32.1. The molecule has 4 heteroatoms. The van der Waals surface area contributed by atoms with Gasteiger partial charge in [-0.2, -0.15) is 12.6 Å². The van der Waals surface area contributed by atoms with Crippen LogP contribution in [0.25, 0.3) is 0 Å². The van der Waals surface area contributed by atoms with Gasteiger partial charge < -0.3 is 4.74 Å². The summed E-state index contributed by atoms with van der Waals surface area (Å²) in [6, 6.07) is 3.75. The summed E-state index contributed by atoms with van der Waals surface area (Å²) in [7, 11) is 0. The fourth-order valence-electron chi connectivity index (χ4n) is 2.32. The van der Waals surface area contributed by atoms with Gasteiger partial charge >= 0.3 is 0 Å². The van der Waals surface area contributed by atoms with E-state index in [1.54, 1.807) is 0 Å². The molecule has 1 saturated carbocycles. The minimum absolute atomic E-state index is 0.0160. The van der Waals surface area contributed by atoms with Crippen molar-refractivity contribution in [3.05, 3.63) is 29.8 Å². The van der Waals surface area contributed by atoms with Gasteiger partial charge in [-0.15, -0.1) is 0 Å². The lowest BCUT2D eigenvalue weighted by atomic mass is 9.90. The highest BCUT2D eigenvalue weighted by Crippen LogP contribution is 2.39. The van der Waals surface area contributed by atoms with Crippen molar-refractivity contribution in [2.75, 3.05) is 12.4 Å². The molecule has 1 aliphatic carbocycles. The monoisotopic (exact) mass is 258 g/mol. The van der Waals surface area contributed by atoms with Gasteiger partial charge in [0.2, 0.25) is 0 Å². The van der Waals surface area contributed by atoms with E-state index in [9.17, 15) is 8.78 Å². The number of ether oxygens (including phenoxy) is 1. The Morgan fingerprint density at radius 2 is 1.76 bits per heavy atom. The maximum absolute atomic E-state index is 13.4.